The van der Waals surface area contributed by atoms with Crippen LogP contribution in [-0.4, -0.2) is 13.3 Å². The highest BCUT2D eigenvalue weighted by atomic mass is 32.2. The van der Waals surface area contributed by atoms with Crippen LogP contribution in [0.3, 0.4) is 0 Å². The minimum absolute atomic E-state index is 0.189. The van der Waals surface area contributed by atoms with E-state index in [0.29, 0.717) is 26.6 Å². The fourth-order valence-electron chi connectivity index (χ4n) is 2.97. The zero-order valence-corrected chi connectivity index (χ0v) is 16.0. The zero-order chi connectivity index (χ0) is 20.1. The molecule has 0 bridgehead atoms. The van der Waals surface area contributed by atoms with Gasteiger partial charge in [0.25, 0.3) is 15.7 Å². The summed E-state index contributed by atoms with van der Waals surface area (Å²) in [6.45, 7) is 1.56. The second-order valence-electron chi connectivity index (χ2n) is 6.06. The summed E-state index contributed by atoms with van der Waals surface area (Å²) in [5.74, 6) is 0. The van der Waals surface area contributed by atoms with Crippen molar-refractivity contribution in [1.82, 2.24) is 0 Å². The number of hydrogen-bond donors (Lipinski definition) is 1. The van der Waals surface area contributed by atoms with Crippen molar-refractivity contribution < 1.29 is 17.8 Å². The average molecular weight is 416 g/mol. The van der Waals surface area contributed by atoms with Gasteiger partial charge in [0.05, 0.1) is 20.2 Å². The number of fused-ring (bicyclic) bond motifs is 3. The SMILES string of the molecule is Cc1ccc([N+](=O)[O-])cc1S(=O)(=O)Nc1cc2sc(=O)oc2c2ccccc12. The van der Waals surface area contributed by atoms with Crippen LogP contribution < -0.4 is 9.66 Å². The average Bonchev–Trinajstić information content (AvgIpc) is 3.02. The minimum Gasteiger partial charge on any atom is -0.413 e. The fraction of sp³-hybridized carbons (Fsp3) is 0.0556. The molecule has 0 aliphatic rings. The van der Waals surface area contributed by atoms with Crippen molar-refractivity contribution in [3.63, 3.8) is 0 Å². The van der Waals surface area contributed by atoms with E-state index >= 15 is 0 Å². The van der Waals surface area contributed by atoms with Crippen LogP contribution in [0, 0.1) is 17.0 Å². The van der Waals surface area contributed by atoms with Crippen LogP contribution in [0.1, 0.15) is 5.56 Å². The Hall–Kier alpha value is -3.24. The van der Waals surface area contributed by atoms with Crippen LogP contribution in [-0.2, 0) is 10.0 Å². The highest BCUT2D eigenvalue weighted by molar-refractivity contribution is 7.92. The van der Waals surface area contributed by atoms with Gasteiger partial charge >= 0.3 is 4.94 Å². The highest BCUT2D eigenvalue weighted by Crippen LogP contribution is 2.34. The Labute approximate surface area is 162 Å². The molecule has 0 unspecified atom stereocenters. The summed E-state index contributed by atoms with van der Waals surface area (Å²) in [5.41, 5.74) is 0.696. The van der Waals surface area contributed by atoms with Crippen LogP contribution in [0.15, 0.2) is 62.6 Å². The van der Waals surface area contributed by atoms with Crippen LogP contribution in [0.25, 0.3) is 21.1 Å². The molecule has 0 atom stereocenters. The molecule has 3 aromatic carbocycles. The number of benzene rings is 3. The molecule has 0 radical (unpaired) electrons. The molecule has 0 fully saturated rings. The van der Waals surface area contributed by atoms with Crippen LogP contribution >= 0.6 is 11.3 Å². The summed E-state index contributed by atoms with van der Waals surface area (Å²) < 4.78 is 34.2. The van der Waals surface area contributed by atoms with E-state index in [4.69, 9.17) is 4.42 Å². The van der Waals surface area contributed by atoms with Gasteiger partial charge < -0.3 is 4.42 Å². The molecule has 142 valence electrons. The molecule has 0 aliphatic carbocycles. The maximum Gasteiger partial charge on any atom is 0.396 e. The minimum atomic E-state index is -4.11. The molecule has 10 heteroatoms. The Kier molecular flexibility index (Phi) is 4.16. The van der Waals surface area contributed by atoms with Crippen molar-refractivity contribution in [3.8, 4) is 0 Å². The van der Waals surface area contributed by atoms with E-state index in [1.165, 1.54) is 18.2 Å². The Morgan fingerprint density at radius 3 is 2.54 bits per heavy atom. The smallest absolute Gasteiger partial charge is 0.396 e. The van der Waals surface area contributed by atoms with E-state index in [0.717, 1.165) is 17.4 Å². The van der Waals surface area contributed by atoms with Crippen molar-refractivity contribution in [2.75, 3.05) is 4.72 Å². The molecular formula is C18H12N2O6S2. The van der Waals surface area contributed by atoms with Gasteiger partial charge in [0.1, 0.15) is 0 Å². The Bertz CT molecular complexity index is 1420. The first kappa shape index (κ1) is 18.1. The number of aryl methyl sites for hydroxylation is 1. The largest absolute Gasteiger partial charge is 0.413 e. The lowest BCUT2D eigenvalue weighted by molar-refractivity contribution is -0.385. The number of anilines is 1. The number of rotatable bonds is 4. The third kappa shape index (κ3) is 3.02. The quantitative estimate of drug-likeness (QED) is 0.396. The van der Waals surface area contributed by atoms with E-state index in [9.17, 15) is 23.3 Å². The molecule has 0 aliphatic heterocycles. The molecule has 4 rings (SSSR count). The summed E-state index contributed by atoms with van der Waals surface area (Å²) in [4.78, 5) is 21.3. The lowest BCUT2D eigenvalue weighted by Gasteiger charge is -2.12. The maximum absolute atomic E-state index is 13.0. The van der Waals surface area contributed by atoms with Crippen molar-refractivity contribution >= 4 is 53.8 Å². The van der Waals surface area contributed by atoms with Crippen molar-refractivity contribution in [1.29, 1.82) is 0 Å². The van der Waals surface area contributed by atoms with E-state index in [-0.39, 0.29) is 16.3 Å². The number of sulfonamides is 1. The fourth-order valence-corrected chi connectivity index (χ4v) is 5.04. The van der Waals surface area contributed by atoms with Crippen molar-refractivity contribution in [2.24, 2.45) is 0 Å². The summed E-state index contributed by atoms with van der Waals surface area (Å²) in [6.07, 6.45) is 0. The van der Waals surface area contributed by atoms with Crippen LogP contribution in [0.2, 0.25) is 0 Å². The molecule has 0 amide bonds. The number of hydrogen-bond acceptors (Lipinski definition) is 7. The van der Waals surface area contributed by atoms with E-state index in [1.807, 2.05) is 0 Å². The molecular weight excluding hydrogens is 404 g/mol. The number of non-ortho nitro benzene ring substituents is 1. The Morgan fingerprint density at radius 1 is 1.11 bits per heavy atom. The lowest BCUT2D eigenvalue weighted by atomic mass is 10.1. The van der Waals surface area contributed by atoms with Gasteiger partial charge in [-0.15, -0.1) is 0 Å². The molecule has 0 spiro atoms. The number of nitrogens with one attached hydrogen (secondary N) is 1. The van der Waals surface area contributed by atoms with E-state index in [1.54, 1.807) is 31.2 Å². The monoisotopic (exact) mass is 416 g/mol. The number of nitro groups is 1. The second-order valence-corrected chi connectivity index (χ2v) is 8.69. The van der Waals surface area contributed by atoms with Crippen LogP contribution in [0.5, 0.6) is 0 Å². The predicted molar refractivity (Wildman–Crippen MR) is 107 cm³/mol. The van der Waals surface area contributed by atoms with Gasteiger partial charge in [-0.25, -0.2) is 13.2 Å². The first-order valence-electron chi connectivity index (χ1n) is 7.99. The van der Waals surface area contributed by atoms with E-state index in [2.05, 4.69) is 4.72 Å². The molecule has 1 heterocycles. The van der Waals surface area contributed by atoms with Gasteiger partial charge in [-0.3, -0.25) is 14.8 Å². The third-order valence-electron chi connectivity index (χ3n) is 4.26. The topological polar surface area (TPSA) is 120 Å². The van der Waals surface area contributed by atoms with Gasteiger partial charge in [0, 0.05) is 22.9 Å². The summed E-state index contributed by atoms with van der Waals surface area (Å²) in [6, 6.07) is 12.1. The lowest BCUT2D eigenvalue weighted by Crippen LogP contribution is -2.15. The molecule has 4 aromatic rings. The highest BCUT2D eigenvalue weighted by Gasteiger charge is 2.22. The predicted octanol–water partition coefficient (Wildman–Crippen LogP) is 4.03. The second kappa shape index (κ2) is 6.43. The summed E-state index contributed by atoms with van der Waals surface area (Å²) >= 11 is 0.866. The first-order valence-corrected chi connectivity index (χ1v) is 10.3. The normalized spacial score (nSPS) is 11.8. The molecule has 8 nitrogen and oxygen atoms in total. The van der Waals surface area contributed by atoms with Crippen LogP contribution in [0.4, 0.5) is 11.4 Å². The summed E-state index contributed by atoms with van der Waals surface area (Å²) in [5, 5.41) is 12.2. The maximum atomic E-state index is 13.0. The summed E-state index contributed by atoms with van der Waals surface area (Å²) in [7, 11) is -4.11. The number of nitrogens with zero attached hydrogens (tertiary/aromatic N) is 1. The van der Waals surface area contributed by atoms with Crippen molar-refractivity contribution in [3.05, 3.63) is 73.9 Å². The molecule has 1 aromatic heterocycles. The molecule has 0 saturated carbocycles. The third-order valence-corrected chi connectivity index (χ3v) is 6.54. The standard InChI is InChI=1S/C18H12N2O6S2/c1-10-6-7-11(20(22)23)8-16(10)28(24,25)19-14-9-15-17(26-18(21)27-15)13-5-3-2-4-12(13)14/h2-9,19H,1H3. The van der Waals surface area contributed by atoms with Gasteiger partial charge in [-0.1, -0.05) is 41.7 Å². The Morgan fingerprint density at radius 2 is 1.82 bits per heavy atom. The van der Waals surface area contributed by atoms with Gasteiger partial charge in [0.15, 0.2) is 5.58 Å². The number of nitro benzene ring substituents is 1. The van der Waals surface area contributed by atoms with E-state index < -0.39 is 19.9 Å². The van der Waals surface area contributed by atoms with Gasteiger partial charge in [-0.05, 0) is 18.6 Å². The molecule has 28 heavy (non-hydrogen) atoms. The zero-order valence-electron chi connectivity index (χ0n) is 14.3. The first-order chi connectivity index (χ1) is 13.3. The van der Waals surface area contributed by atoms with Crippen molar-refractivity contribution in [2.45, 2.75) is 11.8 Å². The Balaban J connectivity index is 1.91. The van der Waals surface area contributed by atoms with Gasteiger partial charge in [-0.2, -0.15) is 0 Å². The molecule has 1 N–H and O–H groups in total. The molecule has 0 saturated heterocycles. The van der Waals surface area contributed by atoms with Gasteiger partial charge in [0.2, 0.25) is 0 Å².